The second-order valence-corrected chi connectivity index (χ2v) is 5.48. The molecule has 2 aromatic rings. The number of nitrogens with zero attached hydrogens (tertiary/aromatic N) is 2. The monoisotopic (exact) mass is 230 g/mol. The predicted molar refractivity (Wildman–Crippen MR) is 69.4 cm³/mol. The highest BCUT2D eigenvalue weighted by Crippen LogP contribution is 2.31. The molecular formula is C14H18N2O. The zero-order valence-corrected chi connectivity index (χ0v) is 11.0. The standard InChI is InChI=1S/C14H18N2O/c1-9(17)10-7-6-8-11-12(10)13(14(2,3)4)15-16(11)5/h6-8H,1-5H3. The Morgan fingerprint density at radius 3 is 2.47 bits per heavy atom. The Kier molecular flexibility index (Phi) is 2.57. The summed E-state index contributed by atoms with van der Waals surface area (Å²) in [6.07, 6.45) is 0. The molecule has 0 aliphatic rings. The number of rotatable bonds is 1. The molecule has 0 fully saturated rings. The van der Waals surface area contributed by atoms with E-state index in [4.69, 9.17) is 0 Å². The normalized spacial score (nSPS) is 12.1. The van der Waals surface area contributed by atoms with E-state index >= 15 is 0 Å². The van der Waals surface area contributed by atoms with Crippen molar-refractivity contribution in [3.05, 3.63) is 29.5 Å². The molecule has 0 saturated heterocycles. The molecule has 0 aliphatic carbocycles. The molecule has 0 radical (unpaired) electrons. The maximum Gasteiger partial charge on any atom is 0.160 e. The van der Waals surface area contributed by atoms with Crippen LogP contribution in [0, 0.1) is 0 Å². The zero-order chi connectivity index (χ0) is 12.8. The Morgan fingerprint density at radius 1 is 1.29 bits per heavy atom. The molecule has 1 heterocycles. The van der Waals surface area contributed by atoms with Crippen LogP contribution < -0.4 is 0 Å². The first-order valence-electron chi connectivity index (χ1n) is 5.79. The summed E-state index contributed by atoms with van der Waals surface area (Å²) in [4.78, 5) is 11.7. The Hall–Kier alpha value is -1.64. The first-order chi connectivity index (χ1) is 7.82. The van der Waals surface area contributed by atoms with Crippen molar-refractivity contribution in [2.75, 3.05) is 0 Å². The third-order valence-corrected chi connectivity index (χ3v) is 2.97. The van der Waals surface area contributed by atoms with Gasteiger partial charge in [-0.15, -0.1) is 0 Å². The summed E-state index contributed by atoms with van der Waals surface area (Å²) >= 11 is 0. The number of hydrogen-bond donors (Lipinski definition) is 0. The van der Waals surface area contributed by atoms with Crippen LogP contribution in [0.5, 0.6) is 0 Å². The minimum absolute atomic E-state index is 0.0644. The molecule has 0 aliphatic heterocycles. The molecule has 17 heavy (non-hydrogen) atoms. The molecule has 0 N–H and O–H groups in total. The lowest BCUT2D eigenvalue weighted by Crippen LogP contribution is -2.13. The van der Waals surface area contributed by atoms with Gasteiger partial charge in [-0.25, -0.2) is 0 Å². The second kappa shape index (κ2) is 3.69. The Labute approximate surface area is 101 Å². The van der Waals surface area contributed by atoms with Crippen LogP contribution in [0.3, 0.4) is 0 Å². The summed E-state index contributed by atoms with van der Waals surface area (Å²) in [6, 6.07) is 5.79. The fourth-order valence-electron chi connectivity index (χ4n) is 2.13. The van der Waals surface area contributed by atoms with E-state index in [2.05, 4.69) is 25.9 Å². The van der Waals surface area contributed by atoms with Gasteiger partial charge >= 0.3 is 0 Å². The van der Waals surface area contributed by atoms with Crippen LogP contribution in [0.15, 0.2) is 18.2 Å². The maximum atomic E-state index is 11.7. The molecule has 0 atom stereocenters. The molecule has 1 aromatic carbocycles. The van der Waals surface area contributed by atoms with Gasteiger partial charge in [0.1, 0.15) is 0 Å². The number of carbonyl (C=O) groups excluding carboxylic acids is 1. The van der Waals surface area contributed by atoms with Crippen molar-refractivity contribution in [1.29, 1.82) is 0 Å². The van der Waals surface area contributed by atoms with Gasteiger partial charge in [0.2, 0.25) is 0 Å². The third kappa shape index (κ3) is 1.86. The lowest BCUT2D eigenvalue weighted by atomic mass is 9.88. The first kappa shape index (κ1) is 11.8. The molecule has 0 amide bonds. The Bertz CT molecular complexity index is 588. The summed E-state index contributed by atoms with van der Waals surface area (Å²) in [7, 11) is 1.92. The van der Waals surface area contributed by atoms with Crippen molar-refractivity contribution in [3.63, 3.8) is 0 Å². The van der Waals surface area contributed by atoms with E-state index in [0.29, 0.717) is 0 Å². The average molecular weight is 230 g/mol. The van der Waals surface area contributed by atoms with E-state index in [-0.39, 0.29) is 11.2 Å². The number of hydrogen-bond acceptors (Lipinski definition) is 2. The summed E-state index contributed by atoms with van der Waals surface area (Å²) in [6.45, 7) is 7.96. The van der Waals surface area contributed by atoms with Crippen LogP contribution in [0.1, 0.15) is 43.7 Å². The van der Waals surface area contributed by atoms with Crippen molar-refractivity contribution in [3.8, 4) is 0 Å². The zero-order valence-electron chi connectivity index (χ0n) is 11.0. The maximum absolute atomic E-state index is 11.7. The van der Waals surface area contributed by atoms with Gasteiger partial charge < -0.3 is 0 Å². The van der Waals surface area contributed by atoms with Crippen LogP contribution in [-0.2, 0) is 12.5 Å². The molecule has 1 aromatic heterocycles. The van der Waals surface area contributed by atoms with Gasteiger partial charge in [-0.2, -0.15) is 5.10 Å². The van der Waals surface area contributed by atoms with Crippen molar-refractivity contribution >= 4 is 16.7 Å². The molecular weight excluding hydrogens is 212 g/mol. The molecule has 0 spiro atoms. The number of aromatic nitrogens is 2. The van der Waals surface area contributed by atoms with Gasteiger partial charge in [0.25, 0.3) is 0 Å². The highest BCUT2D eigenvalue weighted by molar-refractivity contribution is 6.07. The number of benzene rings is 1. The van der Waals surface area contributed by atoms with Gasteiger partial charge in [-0.1, -0.05) is 32.9 Å². The average Bonchev–Trinajstić information content (AvgIpc) is 2.56. The smallest absolute Gasteiger partial charge is 0.160 e. The highest BCUT2D eigenvalue weighted by Gasteiger charge is 2.24. The van der Waals surface area contributed by atoms with Crippen molar-refractivity contribution in [1.82, 2.24) is 9.78 Å². The lowest BCUT2D eigenvalue weighted by Gasteiger charge is -2.16. The van der Waals surface area contributed by atoms with Gasteiger partial charge in [0.05, 0.1) is 11.2 Å². The van der Waals surface area contributed by atoms with Crippen LogP contribution in [0.4, 0.5) is 0 Å². The number of carbonyl (C=O) groups is 1. The molecule has 3 heteroatoms. The number of Topliss-reactive ketones (excluding diaryl/α,β-unsaturated/α-hetero) is 1. The van der Waals surface area contributed by atoms with Crippen molar-refractivity contribution in [2.45, 2.75) is 33.1 Å². The largest absolute Gasteiger partial charge is 0.294 e. The quantitative estimate of drug-likeness (QED) is 0.706. The predicted octanol–water partition coefficient (Wildman–Crippen LogP) is 3.07. The lowest BCUT2D eigenvalue weighted by molar-refractivity contribution is 0.101. The molecule has 90 valence electrons. The van der Waals surface area contributed by atoms with E-state index < -0.39 is 0 Å². The summed E-state index contributed by atoms with van der Waals surface area (Å²) in [5.41, 5.74) is 2.70. The van der Waals surface area contributed by atoms with Crippen LogP contribution in [0.2, 0.25) is 0 Å². The molecule has 0 saturated carbocycles. The van der Waals surface area contributed by atoms with E-state index in [1.807, 2.05) is 29.9 Å². The molecule has 2 rings (SSSR count). The van der Waals surface area contributed by atoms with Gasteiger partial charge in [-0.3, -0.25) is 9.48 Å². The summed E-state index contributed by atoms with van der Waals surface area (Å²) < 4.78 is 1.85. The van der Waals surface area contributed by atoms with Crippen molar-refractivity contribution < 1.29 is 4.79 Å². The van der Waals surface area contributed by atoms with E-state index in [9.17, 15) is 4.79 Å². The van der Waals surface area contributed by atoms with E-state index in [1.165, 1.54) is 0 Å². The van der Waals surface area contributed by atoms with Crippen LogP contribution in [-0.4, -0.2) is 15.6 Å². The number of fused-ring (bicyclic) bond motifs is 1. The summed E-state index contributed by atoms with van der Waals surface area (Å²) in [5, 5.41) is 5.56. The van der Waals surface area contributed by atoms with Crippen LogP contribution in [0.25, 0.3) is 10.9 Å². The van der Waals surface area contributed by atoms with Gasteiger partial charge in [0, 0.05) is 23.4 Å². The summed E-state index contributed by atoms with van der Waals surface area (Å²) in [5.74, 6) is 0.0918. The number of ketones is 1. The SMILES string of the molecule is CC(=O)c1cccc2c1c(C(C)(C)C)nn2C. The first-order valence-corrected chi connectivity index (χ1v) is 5.79. The Morgan fingerprint density at radius 2 is 1.94 bits per heavy atom. The highest BCUT2D eigenvalue weighted by atomic mass is 16.1. The van der Waals surface area contributed by atoms with E-state index in [0.717, 1.165) is 22.2 Å². The van der Waals surface area contributed by atoms with E-state index in [1.54, 1.807) is 6.92 Å². The van der Waals surface area contributed by atoms with Gasteiger partial charge in [0.15, 0.2) is 5.78 Å². The number of aryl methyl sites for hydroxylation is 1. The fraction of sp³-hybridized carbons (Fsp3) is 0.429. The van der Waals surface area contributed by atoms with Crippen molar-refractivity contribution in [2.24, 2.45) is 7.05 Å². The Balaban J connectivity index is 2.91. The second-order valence-electron chi connectivity index (χ2n) is 5.48. The van der Waals surface area contributed by atoms with Crippen LogP contribution >= 0.6 is 0 Å². The fourth-order valence-corrected chi connectivity index (χ4v) is 2.13. The molecule has 0 bridgehead atoms. The minimum atomic E-state index is -0.0644. The molecule has 3 nitrogen and oxygen atoms in total. The third-order valence-electron chi connectivity index (χ3n) is 2.97. The van der Waals surface area contributed by atoms with Gasteiger partial charge in [-0.05, 0) is 13.0 Å². The molecule has 0 unspecified atom stereocenters. The minimum Gasteiger partial charge on any atom is -0.294 e. The topological polar surface area (TPSA) is 34.9 Å².